The van der Waals surface area contributed by atoms with E-state index in [1.807, 2.05) is 6.07 Å². The van der Waals surface area contributed by atoms with Crippen molar-refractivity contribution in [1.82, 2.24) is 4.98 Å². The summed E-state index contributed by atoms with van der Waals surface area (Å²) in [4.78, 5) is 25.4. The third kappa shape index (κ3) is 3.00. The SMILES string of the molecule is N#Cc1ccc(Cl)c(NC(=O)c2cc[nH]c(=O)c2)c1. The van der Waals surface area contributed by atoms with Gasteiger partial charge in [0.2, 0.25) is 5.56 Å². The lowest BCUT2D eigenvalue weighted by atomic mass is 10.2. The van der Waals surface area contributed by atoms with E-state index in [4.69, 9.17) is 16.9 Å². The van der Waals surface area contributed by atoms with Gasteiger partial charge in [-0.1, -0.05) is 11.6 Å². The van der Waals surface area contributed by atoms with E-state index in [0.717, 1.165) is 0 Å². The van der Waals surface area contributed by atoms with Crippen LogP contribution in [0.5, 0.6) is 0 Å². The largest absolute Gasteiger partial charge is 0.329 e. The molecule has 0 bridgehead atoms. The van der Waals surface area contributed by atoms with Gasteiger partial charge < -0.3 is 10.3 Å². The van der Waals surface area contributed by atoms with Gasteiger partial charge in [-0.3, -0.25) is 9.59 Å². The summed E-state index contributed by atoms with van der Waals surface area (Å²) in [5.74, 6) is -0.469. The van der Waals surface area contributed by atoms with E-state index in [-0.39, 0.29) is 11.1 Å². The molecule has 1 heterocycles. The molecule has 1 aromatic carbocycles. The van der Waals surface area contributed by atoms with Crippen molar-refractivity contribution >= 4 is 23.2 Å². The van der Waals surface area contributed by atoms with E-state index in [9.17, 15) is 9.59 Å². The molecule has 0 spiro atoms. The van der Waals surface area contributed by atoms with Crippen molar-refractivity contribution in [2.45, 2.75) is 0 Å². The number of carbonyl (C=O) groups is 1. The van der Waals surface area contributed by atoms with Crippen LogP contribution in [-0.4, -0.2) is 10.9 Å². The van der Waals surface area contributed by atoms with Crippen LogP contribution in [-0.2, 0) is 0 Å². The van der Waals surface area contributed by atoms with E-state index in [1.54, 1.807) is 6.07 Å². The molecule has 19 heavy (non-hydrogen) atoms. The minimum atomic E-state index is -0.469. The molecular weight excluding hydrogens is 266 g/mol. The molecule has 2 N–H and O–H groups in total. The lowest BCUT2D eigenvalue weighted by Crippen LogP contribution is -2.15. The Kier molecular flexibility index (Phi) is 3.64. The molecule has 0 aliphatic carbocycles. The van der Waals surface area contributed by atoms with Crippen molar-refractivity contribution < 1.29 is 4.79 Å². The summed E-state index contributed by atoms with van der Waals surface area (Å²) in [6, 6.07) is 9.13. The van der Waals surface area contributed by atoms with E-state index >= 15 is 0 Å². The van der Waals surface area contributed by atoms with Gasteiger partial charge in [-0.05, 0) is 24.3 Å². The Bertz CT molecular complexity index is 731. The number of benzene rings is 1. The van der Waals surface area contributed by atoms with Crippen molar-refractivity contribution in [1.29, 1.82) is 5.26 Å². The number of rotatable bonds is 2. The first-order valence-corrected chi connectivity index (χ1v) is 5.67. The first-order chi connectivity index (χ1) is 9.10. The van der Waals surface area contributed by atoms with Gasteiger partial charge in [-0.15, -0.1) is 0 Å². The van der Waals surface area contributed by atoms with Crippen molar-refractivity contribution in [2.24, 2.45) is 0 Å². The normalized spacial score (nSPS) is 9.68. The van der Waals surface area contributed by atoms with Crippen LogP contribution in [0.15, 0.2) is 41.3 Å². The molecule has 0 fully saturated rings. The van der Waals surface area contributed by atoms with Crippen LogP contribution in [0.3, 0.4) is 0 Å². The summed E-state index contributed by atoms with van der Waals surface area (Å²) < 4.78 is 0. The maximum absolute atomic E-state index is 11.9. The van der Waals surface area contributed by atoms with Crippen LogP contribution < -0.4 is 10.9 Å². The molecule has 6 heteroatoms. The van der Waals surface area contributed by atoms with Crippen LogP contribution in [0, 0.1) is 11.3 Å². The fourth-order valence-corrected chi connectivity index (χ4v) is 1.64. The second-order valence-corrected chi connectivity index (χ2v) is 4.11. The van der Waals surface area contributed by atoms with E-state index < -0.39 is 5.91 Å². The molecule has 5 nitrogen and oxygen atoms in total. The van der Waals surface area contributed by atoms with Gasteiger partial charge in [0, 0.05) is 17.8 Å². The first kappa shape index (κ1) is 12.9. The summed E-state index contributed by atoms with van der Waals surface area (Å²) in [5, 5.41) is 11.7. The molecule has 1 aromatic heterocycles. The number of H-pyrrole nitrogens is 1. The number of carbonyl (C=O) groups excluding carboxylic acids is 1. The van der Waals surface area contributed by atoms with Gasteiger partial charge in [-0.2, -0.15) is 5.26 Å². The Morgan fingerprint density at radius 1 is 1.32 bits per heavy atom. The highest BCUT2D eigenvalue weighted by Crippen LogP contribution is 2.23. The molecule has 0 atom stereocenters. The number of anilines is 1. The predicted molar refractivity (Wildman–Crippen MR) is 71.2 cm³/mol. The maximum atomic E-state index is 11.9. The monoisotopic (exact) mass is 273 g/mol. The number of aromatic amines is 1. The van der Waals surface area contributed by atoms with Gasteiger partial charge >= 0.3 is 0 Å². The smallest absolute Gasteiger partial charge is 0.255 e. The molecule has 0 radical (unpaired) electrons. The van der Waals surface area contributed by atoms with Crippen molar-refractivity contribution in [2.75, 3.05) is 5.32 Å². The number of nitriles is 1. The van der Waals surface area contributed by atoms with Crippen LogP contribution in [0.2, 0.25) is 5.02 Å². The molecule has 0 saturated heterocycles. The number of hydrogen-bond acceptors (Lipinski definition) is 3. The van der Waals surface area contributed by atoms with Crippen LogP contribution in [0.25, 0.3) is 0 Å². The predicted octanol–water partition coefficient (Wildman–Crippen LogP) is 2.15. The molecular formula is C13H8ClN3O2. The number of halogens is 1. The fraction of sp³-hybridized carbons (Fsp3) is 0. The zero-order chi connectivity index (χ0) is 13.8. The summed E-state index contributed by atoms with van der Waals surface area (Å²) in [6.07, 6.45) is 1.38. The highest BCUT2D eigenvalue weighted by atomic mass is 35.5. The van der Waals surface area contributed by atoms with E-state index in [0.29, 0.717) is 16.3 Å². The topological polar surface area (TPSA) is 85.8 Å². The molecule has 2 rings (SSSR count). The Morgan fingerprint density at radius 3 is 2.79 bits per heavy atom. The van der Waals surface area contributed by atoms with Gasteiger partial charge in [0.15, 0.2) is 0 Å². The summed E-state index contributed by atoms with van der Waals surface area (Å²) >= 11 is 5.92. The number of aromatic nitrogens is 1. The Hall–Kier alpha value is -2.58. The molecule has 1 amide bonds. The molecule has 0 aliphatic heterocycles. The molecule has 0 unspecified atom stereocenters. The van der Waals surface area contributed by atoms with Crippen LogP contribution in [0.1, 0.15) is 15.9 Å². The number of hydrogen-bond donors (Lipinski definition) is 2. The van der Waals surface area contributed by atoms with E-state index in [2.05, 4.69) is 10.3 Å². The second kappa shape index (κ2) is 5.38. The fourth-order valence-electron chi connectivity index (χ4n) is 1.47. The summed E-state index contributed by atoms with van der Waals surface area (Å²) in [6.45, 7) is 0. The molecule has 94 valence electrons. The number of nitrogens with one attached hydrogen (secondary N) is 2. The molecule has 0 saturated carbocycles. The minimum Gasteiger partial charge on any atom is -0.329 e. The van der Waals surface area contributed by atoms with Gasteiger partial charge in [0.1, 0.15) is 0 Å². The number of pyridine rings is 1. The number of nitrogens with zero attached hydrogens (tertiary/aromatic N) is 1. The Labute approximate surface area is 113 Å². The van der Waals surface area contributed by atoms with Crippen LogP contribution in [0.4, 0.5) is 5.69 Å². The highest BCUT2D eigenvalue weighted by molar-refractivity contribution is 6.34. The zero-order valence-electron chi connectivity index (χ0n) is 9.61. The Morgan fingerprint density at radius 2 is 2.11 bits per heavy atom. The van der Waals surface area contributed by atoms with Gasteiger partial charge in [0.25, 0.3) is 5.91 Å². The summed E-state index contributed by atoms with van der Waals surface area (Å²) in [5.41, 5.74) is 0.545. The first-order valence-electron chi connectivity index (χ1n) is 5.30. The third-order valence-corrected chi connectivity index (χ3v) is 2.71. The van der Waals surface area contributed by atoms with Crippen molar-refractivity contribution in [3.05, 3.63) is 63.0 Å². The van der Waals surface area contributed by atoms with Crippen molar-refractivity contribution in [3.8, 4) is 6.07 Å². The zero-order valence-corrected chi connectivity index (χ0v) is 10.4. The van der Waals surface area contributed by atoms with Crippen molar-refractivity contribution in [3.63, 3.8) is 0 Å². The highest BCUT2D eigenvalue weighted by Gasteiger charge is 2.09. The van der Waals surface area contributed by atoms with Gasteiger partial charge in [-0.25, -0.2) is 0 Å². The standard InChI is InChI=1S/C13H8ClN3O2/c14-10-2-1-8(7-15)5-11(10)17-13(19)9-3-4-16-12(18)6-9/h1-6H,(H,16,18)(H,17,19). The summed E-state index contributed by atoms with van der Waals surface area (Å²) in [7, 11) is 0. The molecule has 2 aromatic rings. The maximum Gasteiger partial charge on any atom is 0.255 e. The lowest BCUT2D eigenvalue weighted by molar-refractivity contribution is 0.102. The van der Waals surface area contributed by atoms with Gasteiger partial charge in [0.05, 0.1) is 22.3 Å². The lowest BCUT2D eigenvalue weighted by Gasteiger charge is -2.07. The average Bonchev–Trinajstić information content (AvgIpc) is 2.41. The molecule has 0 aliphatic rings. The minimum absolute atomic E-state index is 0.210. The number of amides is 1. The second-order valence-electron chi connectivity index (χ2n) is 3.70. The average molecular weight is 274 g/mol. The van der Waals surface area contributed by atoms with E-state index in [1.165, 1.54) is 30.5 Å². The third-order valence-electron chi connectivity index (χ3n) is 2.38. The quantitative estimate of drug-likeness (QED) is 0.879. The Balaban J connectivity index is 2.29. The van der Waals surface area contributed by atoms with Crippen LogP contribution >= 0.6 is 11.6 Å².